The van der Waals surface area contributed by atoms with Gasteiger partial charge >= 0.3 is 0 Å². The van der Waals surface area contributed by atoms with Crippen LogP contribution in [0.4, 0.5) is 5.69 Å². The Morgan fingerprint density at radius 2 is 1.91 bits per heavy atom. The quantitative estimate of drug-likeness (QED) is 0.808. The van der Waals surface area contributed by atoms with Crippen LogP contribution in [-0.2, 0) is 4.74 Å². The molecular formula is C17H17N3O2. The van der Waals surface area contributed by atoms with Gasteiger partial charge < -0.3 is 9.64 Å². The Labute approximate surface area is 128 Å². The van der Waals surface area contributed by atoms with E-state index in [1.54, 1.807) is 12.2 Å². The second-order valence-electron chi connectivity index (χ2n) is 5.76. The van der Waals surface area contributed by atoms with E-state index in [0.717, 1.165) is 52.3 Å². The number of rotatable bonds is 1. The van der Waals surface area contributed by atoms with Crippen molar-refractivity contribution in [1.82, 2.24) is 9.97 Å². The maximum atomic E-state index is 12.5. The summed E-state index contributed by atoms with van der Waals surface area (Å²) in [5, 5.41) is 0.889. The molecule has 5 heteroatoms. The Bertz CT molecular complexity index is 820. The first-order valence-corrected chi connectivity index (χ1v) is 7.52. The van der Waals surface area contributed by atoms with E-state index in [2.05, 4.69) is 20.9 Å². The van der Waals surface area contributed by atoms with Crippen LogP contribution in [0.5, 0.6) is 0 Å². The number of nitrogens with zero attached hydrogens (tertiary/aromatic N) is 3. The van der Waals surface area contributed by atoms with Crippen LogP contribution >= 0.6 is 0 Å². The summed E-state index contributed by atoms with van der Waals surface area (Å²) >= 11 is 0. The lowest BCUT2D eigenvalue weighted by Gasteiger charge is -2.31. The van der Waals surface area contributed by atoms with E-state index in [1.807, 2.05) is 13.8 Å². The molecule has 0 radical (unpaired) electrons. The Morgan fingerprint density at radius 1 is 1.14 bits per heavy atom. The number of anilines is 1. The van der Waals surface area contributed by atoms with Gasteiger partial charge in [0.2, 0.25) is 0 Å². The molecule has 1 aromatic heterocycles. The first-order valence-electron chi connectivity index (χ1n) is 7.52. The van der Waals surface area contributed by atoms with Crippen molar-refractivity contribution in [1.29, 1.82) is 0 Å². The molecule has 0 atom stereocenters. The van der Waals surface area contributed by atoms with E-state index in [-0.39, 0.29) is 5.78 Å². The van der Waals surface area contributed by atoms with Crippen LogP contribution in [0, 0.1) is 13.8 Å². The van der Waals surface area contributed by atoms with Crippen LogP contribution in [0.15, 0.2) is 12.1 Å². The highest BCUT2D eigenvalue weighted by Crippen LogP contribution is 2.36. The van der Waals surface area contributed by atoms with Crippen LogP contribution < -0.4 is 4.90 Å². The van der Waals surface area contributed by atoms with Gasteiger partial charge in [-0.25, -0.2) is 9.97 Å². The van der Waals surface area contributed by atoms with Gasteiger partial charge in [0.15, 0.2) is 5.78 Å². The van der Waals surface area contributed by atoms with E-state index < -0.39 is 0 Å². The van der Waals surface area contributed by atoms with Gasteiger partial charge in [-0.05, 0) is 37.6 Å². The SMILES string of the molecule is Cc1nc2c3c(c(N4CCOCC4)cc(C)c3n1)C(=O)C=C2. The number of carbonyl (C=O) groups excluding carboxylic acids is 1. The highest BCUT2D eigenvalue weighted by Gasteiger charge is 2.26. The van der Waals surface area contributed by atoms with Gasteiger partial charge in [0, 0.05) is 24.2 Å². The monoisotopic (exact) mass is 295 g/mol. The maximum absolute atomic E-state index is 12.5. The Hall–Kier alpha value is -2.27. The number of ether oxygens (including phenoxy) is 1. The molecule has 5 nitrogen and oxygen atoms in total. The highest BCUT2D eigenvalue weighted by atomic mass is 16.5. The molecule has 2 aromatic rings. The minimum atomic E-state index is 0.0337. The molecular weight excluding hydrogens is 278 g/mol. The van der Waals surface area contributed by atoms with Crippen molar-refractivity contribution in [2.45, 2.75) is 13.8 Å². The van der Waals surface area contributed by atoms with Crippen LogP contribution in [0.3, 0.4) is 0 Å². The molecule has 0 N–H and O–H groups in total. The maximum Gasteiger partial charge on any atom is 0.188 e. The Balaban J connectivity index is 2.04. The fourth-order valence-electron chi connectivity index (χ4n) is 3.26. The molecule has 0 unspecified atom stereocenters. The Kier molecular flexibility index (Phi) is 2.97. The molecule has 22 heavy (non-hydrogen) atoms. The minimum absolute atomic E-state index is 0.0337. The van der Waals surface area contributed by atoms with E-state index in [1.165, 1.54) is 0 Å². The van der Waals surface area contributed by atoms with Crippen molar-refractivity contribution in [2.24, 2.45) is 0 Å². The van der Waals surface area contributed by atoms with Crippen LogP contribution in [0.25, 0.3) is 17.0 Å². The number of benzene rings is 1. The zero-order valence-electron chi connectivity index (χ0n) is 12.7. The van der Waals surface area contributed by atoms with Crippen molar-refractivity contribution >= 4 is 28.4 Å². The highest BCUT2D eigenvalue weighted by molar-refractivity contribution is 6.22. The van der Waals surface area contributed by atoms with Gasteiger partial charge in [0.05, 0.1) is 30.0 Å². The first kappa shape index (κ1) is 13.4. The lowest BCUT2D eigenvalue weighted by Crippen LogP contribution is -2.37. The topological polar surface area (TPSA) is 55.3 Å². The zero-order valence-corrected chi connectivity index (χ0v) is 12.7. The van der Waals surface area contributed by atoms with E-state index >= 15 is 0 Å². The largest absolute Gasteiger partial charge is 0.378 e. The number of hydrogen-bond acceptors (Lipinski definition) is 5. The van der Waals surface area contributed by atoms with Gasteiger partial charge in [0.1, 0.15) is 5.82 Å². The fraction of sp³-hybridized carbons (Fsp3) is 0.353. The third kappa shape index (κ3) is 1.93. The second kappa shape index (κ2) is 4.88. The smallest absolute Gasteiger partial charge is 0.188 e. The summed E-state index contributed by atoms with van der Waals surface area (Å²) in [6, 6.07) is 2.08. The number of aromatic nitrogens is 2. The molecule has 112 valence electrons. The molecule has 1 aliphatic carbocycles. The summed E-state index contributed by atoms with van der Waals surface area (Å²) in [6.45, 7) is 6.92. The van der Waals surface area contributed by atoms with Crippen molar-refractivity contribution in [3.05, 3.63) is 34.8 Å². The number of allylic oxidation sites excluding steroid dienone is 1. The average molecular weight is 295 g/mol. The molecule has 0 amide bonds. The van der Waals surface area contributed by atoms with Crippen molar-refractivity contribution < 1.29 is 9.53 Å². The minimum Gasteiger partial charge on any atom is -0.378 e. The predicted octanol–water partition coefficient (Wildman–Crippen LogP) is 2.29. The molecule has 0 bridgehead atoms. The molecule has 1 saturated heterocycles. The molecule has 1 fully saturated rings. The van der Waals surface area contributed by atoms with Crippen LogP contribution in [-0.4, -0.2) is 42.1 Å². The first-order chi connectivity index (χ1) is 10.6. The van der Waals surface area contributed by atoms with Gasteiger partial charge in [-0.15, -0.1) is 0 Å². The summed E-state index contributed by atoms with van der Waals surface area (Å²) in [5.74, 6) is 0.765. The average Bonchev–Trinajstić information content (AvgIpc) is 2.53. The summed E-state index contributed by atoms with van der Waals surface area (Å²) in [4.78, 5) is 23.8. The third-order valence-electron chi connectivity index (χ3n) is 4.27. The number of morpholine rings is 1. The fourth-order valence-corrected chi connectivity index (χ4v) is 3.26. The molecule has 1 aromatic carbocycles. The van der Waals surface area contributed by atoms with Gasteiger partial charge in [-0.3, -0.25) is 4.79 Å². The normalized spacial score (nSPS) is 17.4. The number of aryl methyl sites for hydroxylation is 2. The third-order valence-corrected chi connectivity index (χ3v) is 4.27. The van der Waals surface area contributed by atoms with Crippen molar-refractivity contribution in [2.75, 3.05) is 31.2 Å². The molecule has 0 saturated carbocycles. The summed E-state index contributed by atoms with van der Waals surface area (Å²) < 4.78 is 5.43. The summed E-state index contributed by atoms with van der Waals surface area (Å²) in [6.07, 6.45) is 3.41. The molecule has 2 heterocycles. The molecule has 0 spiro atoms. The second-order valence-corrected chi connectivity index (χ2v) is 5.76. The summed E-state index contributed by atoms with van der Waals surface area (Å²) in [7, 11) is 0. The number of hydrogen-bond donors (Lipinski definition) is 0. The molecule has 4 rings (SSSR count). The van der Waals surface area contributed by atoms with Gasteiger partial charge in [-0.2, -0.15) is 0 Å². The van der Waals surface area contributed by atoms with Crippen LogP contribution in [0.2, 0.25) is 0 Å². The van der Waals surface area contributed by atoms with E-state index in [9.17, 15) is 4.79 Å². The Morgan fingerprint density at radius 3 is 2.68 bits per heavy atom. The van der Waals surface area contributed by atoms with Crippen LogP contribution in [0.1, 0.15) is 27.4 Å². The van der Waals surface area contributed by atoms with Gasteiger partial charge in [-0.1, -0.05) is 0 Å². The predicted molar refractivity (Wildman–Crippen MR) is 85.4 cm³/mol. The standard InChI is InChI=1S/C17H17N3O2/c1-10-9-13(20-5-7-22-8-6-20)16-14(21)4-3-12-15(16)17(10)19-11(2)18-12/h3-4,9H,5-8H2,1-2H3. The number of ketones is 1. The van der Waals surface area contributed by atoms with E-state index in [4.69, 9.17) is 4.74 Å². The van der Waals surface area contributed by atoms with Crippen molar-refractivity contribution in [3.8, 4) is 0 Å². The van der Waals surface area contributed by atoms with Crippen molar-refractivity contribution in [3.63, 3.8) is 0 Å². The van der Waals surface area contributed by atoms with Gasteiger partial charge in [0.25, 0.3) is 0 Å². The molecule has 2 aliphatic rings. The number of carbonyl (C=O) groups is 1. The summed E-state index contributed by atoms with van der Waals surface area (Å²) in [5.41, 5.74) is 4.52. The lowest BCUT2D eigenvalue weighted by atomic mass is 9.93. The lowest BCUT2D eigenvalue weighted by molar-refractivity contribution is 0.104. The van der Waals surface area contributed by atoms with E-state index in [0.29, 0.717) is 13.2 Å². The zero-order chi connectivity index (χ0) is 15.3. The molecule has 1 aliphatic heterocycles.